The fraction of sp³-hybridized carbons (Fsp3) is 0.0833. The summed E-state index contributed by atoms with van der Waals surface area (Å²) in [5, 5.41) is 10.7. The van der Waals surface area contributed by atoms with Crippen LogP contribution in [0.15, 0.2) is 30.5 Å². The van der Waals surface area contributed by atoms with Crippen LogP contribution in [0.5, 0.6) is 5.75 Å². The van der Waals surface area contributed by atoms with Crippen molar-refractivity contribution in [3.05, 3.63) is 30.5 Å². The average molecular weight is 271 g/mol. The molecular weight excluding hydrogens is 258 g/mol. The Bertz CT molecular complexity index is 740. The van der Waals surface area contributed by atoms with E-state index in [1.165, 1.54) is 0 Å². The molecule has 102 valence electrons. The Hall–Kier alpha value is -2.87. The number of hydrogen-bond donors (Lipinski definition) is 4. The van der Waals surface area contributed by atoms with Crippen molar-refractivity contribution in [2.75, 3.05) is 17.9 Å². The molecule has 0 aliphatic rings. The Morgan fingerprint density at radius 1 is 1.30 bits per heavy atom. The van der Waals surface area contributed by atoms with E-state index in [1.54, 1.807) is 13.3 Å². The quantitative estimate of drug-likeness (QED) is 0.419. The van der Waals surface area contributed by atoms with Gasteiger partial charge in [-0.2, -0.15) is 15.1 Å². The van der Waals surface area contributed by atoms with Crippen molar-refractivity contribution in [2.24, 2.45) is 5.84 Å². The van der Waals surface area contributed by atoms with Gasteiger partial charge in [0.2, 0.25) is 5.95 Å². The van der Waals surface area contributed by atoms with Crippen molar-refractivity contribution in [2.45, 2.75) is 0 Å². The van der Waals surface area contributed by atoms with E-state index in [4.69, 9.17) is 10.6 Å². The molecule has 0 aliphatic carbocycles. The number of nitrogens with one attached hydrogen (secondary N) is 3. The van der Waals surface area contributed by atoms with Crippen LogP contribution in [0.2, 0.25) is 0 Å². The minimum absolute atomic E-state index is 0.298. The largest absolute Gasteiger partial charge is 0.497 e. The van der Waals surface area contributed by atoms with E-state index in [-0.39, 0.29) is 0 Å². The topological polar surface area (TPSA) is 114 Å². The fourth-order valence-corrected chi connectivity index (χ4v) is 1.83. The van der Waals surface area contributed by atoms with E-state index in [0.29, 0.717) is 17.4 Å². The first-order valence-electron chi connectivity index (χ1n) is 5.89. The molecule has 3 rings (SSSR count). The highest BCUT2D eigenvalue weighted by atomic mass is 16.5. The maximum atomic E-state index is 5.36. The number of nitrogens with zero attached hydrogens (tertiary/aromatic N) is 3. The summed E-state index contributed by atoms with van der Waals surface area (Å²) in [5.74, 6) is 7.01. The summed E-state index contributed by atoms with van der Waals surface area (Å²) in [6.45, 7) is 0. The number of rotatable bonds is 4. The maximum absolute atomic E-state index is 5.36. The van der Waals surface area contributed by atoms with Gasteiger partial charge in [0.1, 0.15) is 11.6 Å². The van der Waals surface area contributed by atoms with E-state index in [1.807, 2.05) is 24.3 Å². The number of aromatic nitrogens is 4. The van der Waals surface area contributed by atoms with Gasteiger partial charge in [0.15, 0.2) is 5.65 Å². The monoisotopic (exact) mass is 271 g/mol. The second kappa shape index (κ2) is 5.02. The molecule has 0 aliphatic heterocycles. The lowest BCUT2D eigenvalue weighted by Gasteiger charge is -2.09. The molecule has 5 N–H and O–H groups in total. The van der Waals surface area contributed by atoms with Crippen LogP contribution in [0.3, 0.4) is 0 Å². The first kappa shape index (κ1) is 12.2. The van der Waals surface area contributed by atoms with Gasteiger partial charge in [0.05, 0.1) is 18.7 Å². The number of methoxy groups -OCH3 is 1. The zero-order valence-corrected chi connectivity index (χ0v) is 10.7. The third-order valence-corrected chi connectivity index (χ3v) is 2.77. The molecule has 0 bridgehead atoms. The van der Waals surface area contributed by atoms with Gasteiger partial charge in [0.25, 0.3) is 0 Å². The number of fused-ring (bicyclic) bond motifs is 1. The van der Waals surface area contributed by atoms with Crippen molar-refractivity contribution in [3.63, 3.8) is 0 Å². The van der Waals surface area contributed by atoms with E-state index in [2.05, 4.69) is 30.9 Å². The summed E-state index contributed by atoms with van der Waals surface area (Å²) in [6, 6.07) is 7.53. The molecular formula is C12H13N7O. The van der Waals surface area contributed by atoms with E-state index < -0.39 is 0 Å². The molecule has 8 nitrogen and oxygen atoms in total. The molecule has 0 atom stereocenters. The van der Waals surface area contributed by atoms with Gasteiger partial charge in [-0.3, -0.25) is 10.5 Å². The summed E-state index contributed by atoms with van der Waals surface area (Å²) in [6.07, 6.45) is 1.65. The van der Waals surface area contributed by atoms with Crippen LogP contribution in [0, 0.1) is 0 Å². The van der Waals surface area contributed by atoms with Crippen molar-refractivity contribution in [1.29, 1.82) is 0 Å². The van der Waals surface area contributed by atoms with Crippen LogP contribution < -0.4 is 21.3 Å². The molecule has 0 radical (unpaired) electrons. The maximum Gasteiger partial charge on any atom is 0.241 e. The van der Waals surface area contributed by atoms with E-state index >= 15 is 0 Å². The normalized spacial score (nSPS) is 10.5. The highest BCUT2D eigenvalue weighted by molar-refractivity contribution is 5.89. The van der Waals surface area contributed by atoms with Gasteiger partial charge in [-0.25, -0.2) is 5.84 Å². The van der Waals surface area contributed by atoms with Crippen molar-refractivity contribution in [3.8, 4) is 5.75 Å². The molecule has 0 spiro atoms. The van der Waals surface area contributed by atoms with Gasteiger partial charge in [-0.05, 0) is 12.1 Å². The Labute approximate surface area is 114 Å². The zero-order chi connectivity index (χ0) is 13.9. The van der Waals surface area contributed by atoms with Gasteiger partial charge >= 0.3 is 0 Å². The Morgan fingerprint density at radius 3 is 3.00 bits per heavy atom. The molecule has 2 aromatic heterocycles. The fourth-order valence-electron chi connectivity index (χ4n) is 1.83. The van der Waals surface area contributed by atoms with Gasteiger partial charge in [-0.1, -0.05) is 6.07 Å². The number of benzene rings is 1. The van der Waals surface area contributed by atoms with Crippen molar-refractivity contribution in [1.82, 2.24) is 20.2 Å². The number of ether oxygens (including phenoxy) is 1. The summed E-state index contributed by atoms with van der Waals surface area (Å²) in [7, 11) is 1.62. The molecule has 8 heteroatoms. The lowest BCUT2D eigenvalue weighted by Crippen LogP contribution is -2.11. The molecule has 0 amide bonds. The molecule has 0 unspecified atom stereocenters. The van der Waals surface area contributed by atoms with Crippen LogP contribution in [-0.2, 0) is 0 Å². The van der Waals surface area contributed by atoms with Crippen LogP contribution in [0.25, 0.3) is 11.0 Å². The number of nitrogen functional groups attached to an aromatic ring is 1. The van der Waals surface area contributed by atoms with Crippen LogP contribution in [0.1, 0.15) is 0 Å². The highest BCUT2D eigenvalue weighted by Gasteiger charge is 2.09. The summed E-state index contributed by atoms with van der Waals surface area (Å²) in [5.41, 5.74) is 3.86. The lowest BCUT2D eigenvalue weighted by atomic mass is 10.3. The van der Waals surface area contributed by atoms with E-state index in [9.17, 15) is 0 Å². The van der Waals surface area contributed by atoms with Gasteiger partial charge < -0.3 is 10.1 Å². The second-order valence-corrected chi connectivity index (χ2v) is 4.03. The molecule has 0 saturated heterocycles. The minimum atomic E-state index is 0.298. The summed E-state index contributed by atoms with van der Waals surface area (Å²) < 4.78 is 5.19. The van der Waals surface area contributed by atoms with Gasteiger partial charge in [-0.15, -0.1) is 0 Å². The first-order chi connectivity index (χ1) is 9.80. The molecule has 1 aromatic carbocycles. The van der Waals surface area contributed by atoms with Crippen LogP contribution in [-0.4, -0.2) is 27.3 Å². The minimum Gasteiger partial charge on any atom is -0.497 e. The number of hydrazine groups is 1. The zero-order valence-electron chi connectivity index (χ0n) is 10.7. The molecule has 0 saturated carbocycles. The molecule has 3 aromatic rings. The second-order valence-electron chi connectivity index (χ2n) is 4.03. The van der Waals surface area contributed by atoms with Crippen LogP contribution >= 0.6 is 0 Å². The highest BCUT2D eigenvalue weighted by Crippen LogP contribution is 2.25. The number of nitrogens with two attached hydrogens (primary N) is 1. The number of aromatic amines is 1. The predicted molar refractivity (Wildman–Crippen MR) is 75.8 cm³/mol. The Morgan fingerprint density at radius 2 is 2.20 bits per heavy atom. The summed E-state index contributed by atoms with van der Waals surface area (Å²) >= 11 is 0. The smallest absolute Gasteiger partial charge is 0.241 e. The number of hydrogen-bond acceptors (Lipinski definition) is 7. The van der Waals surface area contributed by atoms with Gasteiger partial charge in [0, 0.05) is 11.8 Å². The lowest BCUT2D eigenvalue weighted by molar-refractivity contribution is 0.415. The standard InChI is InChI=1S/C12H13N7O/c1-20-8-4-2-3-7(5-8)15-10-9-6-14-19-11(9)17-12(16-10)18-13/h2-6H,13H2,1H3,(H3,14,15,16,17,18,19). The first-order valence-corrected chi connectivity index (χ1v) is 5.89. The van der Waals surface area contributed by atoms with Crippen molar-refractivity contribution < 1.29 is 4.74 Å². The third kappa shape index (κ3) is 2.19. The predicted octanol–water partition coefficient (Wildman–Crippen LogP) is 1.39. The summed E-state index contributed by atoms with van der Waals surface area (Å²) in [4.78, 5) is 8.44. The molecule has 20 heavy (non-hydrogen) atoms. The van der Waals surface area contributed by atoms with Crippen LogP contribution in [0.4, 0.5) is 17.5 Å². The molecule has 0 fully saturated rings. The Balaban J connectivity index is 2.02. The van der Waals surface area contributed by atoms with Crippen molar-refractivity contribution >= 4 is 28.5 Å². The Kier molecular flexibility index (Phi) is 3.05. The van der Waals surface area contributed by atoms with E-state index in [0.717, 1.165) is 16.8 Å². The SMILES string of the molecule is COc1cccc(Nc2nc(NN)nc3[nH]ncc23)c1. The number of H-pyrrole nitrogens is 1. The molecule has 2 heterocycles. The third-order valence-electron chi connectivity index (χ3n) is 2.77. The number of anilines is 3. The average Bonchev–Trinajstić information content (AvgIpc) is 2.96.